The molecule has 0 spiro atoms. The average Bonchev–Trinajstić information content (AvgIpc) is 2.04. The van der Waals surface area contributed by atoms with Gasteiger partial charge in [0.2, 0.25) is 11.8 Å². The first-order valence-corrected chi connectivity index (χ1v) is 4.38. The maximum atomic E-state index is 9.62. The van der Waals surface area contributed by atoms with Crippen molar-refractivity contribution in [2.45, 2.75) is 26.3 Å². The normalized spacial score (nSPS) is 13.0. The van der Waals surface area contributed by atoms with E-state index in [9.17, 15) is 5.21 Å². The summed E-state index contributed by atoms with van der Waals surface area (Å²) in [6, 6.07) is 9.75. The first-order chi connectivity index (χ1) is 6.00. The summed E-state index contributed by atoms with van der Waals surface area (Å²) in [7, 11) is 0. The van der Waals surface area contributed by atoms with Crippen molar-refractivity contribution in [3.05, 3.63) is 35.9 Å². The van der Waals surface area contributed by atoms with Gasteiger partial charge < -0.3 is 0 Å². The Labute approximate surface area is 79.1 Å². The maximum Gasteiger partial charge on any atom is 0.223 e. The van der Waals surface area contributed by atoms with E-state index in [-0.39, 0.29) is 5.54 Å². The molecule has 1 rings (SSSR count). The van der Waals surface area contributed by atoms with Gasteiger partial charge in [-0.15, -0.1) is 0 Å². The monoisotopic (exact) mass is 178 g/mol. The molecule has 2 nitrogen and oxygen atoms in total. The molecular formula is C11H16NO+. The lowest BCUT2D eigenvalue weighted by Gasteiger charge is -2.08. The van der Waals surface area contributed by atoms with Gasteiger partial charge in [-0.05, 0) is 16.9 Å². The Morgan fingerprint density at radius 1 is 1.15 bits per heavy atom. The van der Waals surface area contributed by atoms with Crippen LogP contribution in [0.5, 0.6) is 0 Å². The van der Waals surface area contributed by atoms with Crippen LogP contribution >= 0.6 is 0 Å². The smallest absolute Gasteiger partial charge is 0.223 e. The standard InChI is InChI=1S/C11H16NO/c1-11(2,3)12(13)9-10-7-5-4-6-8-10/h4-9,13H,1-3H3/q+1/b12-9+. The number of rotatable bonds is 1. The van der Waals surface area contributed by atoms with Crippen LogP contribution < -0.4 is 0 Å². The van der Waals surface area contributed by atoms with E-state index in [0.29, 0.717) is 0 Å². The SMILES string of the molecule is CC(C)(C)/[N+](O)=C\c1ccccc1. The zero-order valence-electron chi connectivity index (χ0n) is 8.36. The Morgan fingerprint density at radius 3 is 2.15 bits per heavy atom. The minimum atomic E-state index is -0.254. The number of nitrogens with zero attached hydrogens (tertiary/aromatic N) is 1. The van der Waals surface area contributed by atoms with Crippen molar-refractivity contribution in [3.63, 3.8) is 0 Å². The molecule has 70 valence electrons. The van der Waals surface area contributed by atoms with Gasteiger partial charge in [-0.2, -0.15) is 0 Å². The van der Waals surface area contributed by atoms with Crippen LogP contribution in [0.1, 0.15) is 26.3 Å². The minimum absolute atomic E-state index is 0.254. The van der Waals surface area contributed by atoms with E-state index in [0.717, 1.165) is 5.56 Å². The van der Waals surface area contributed by atoms with Gasteiger partial charge >= 0.3 is 0 Å². The van der Waals surface area contributed by atoms with Gasteiger partial charge in [0, 0.05) is 26.3 Å². The quantitative estimate of drug-likeness (QED) is 0.303. The second-order valence-corrected chi connectivity index (χ2v) is 4.06. The predicted octanol–water partition coefficient (Wildman–Crippen LogP) is 2.31. The van der Waals surface area contributed by atoms with E-state index in [1.54, 1.807) is 6.21 Å². The molecule has 0 amide bonds. The molecule has 1 N–H and O–H groups in total. The number of hydroxylamine groups is 1. The zero-order chi connectivity index (χ0) is 9.90. The van der Waals surface area contributed by atoms with Crippen LogP contribution in [0, 0.1) is 0 Å². The number of hydrogen-bond donors (Lipinski definition) is 1. The second-order valence-electron chi connectivity index (χ2n) is 4.06. The van der Waals surface area contributed by atoms with Crippen LogP contribution in [0.4, 0.5) is 0 Å². The molecular weight excluding hydrogens is 162 g/mol. The molecule has 1 aromatic carbocycles. The summed E-state index contributed by atoms with van der Waals surface area (Å²) in [5, 5.41) is 9.62. The molecule has 0 radical (unpaired) electrons. The highest BCUT2D eigenvalue weighted by molar-refractivity contribution is 5.75. The summed E-state index contributed by atoms with van der Waals surface area (Å²) >= 11 is 0. The second kappa shape index (κ2) is 3.60. The third-order valence-corrected chi connectivity index (χ3v) is 1.76. The van der Waals surface area contributed by atoms with Crippen LogP contribution in [-0.2, 0) is 0 Å². The molecule has 0 aliphatic heterocycles. The van der Waals surface area contributed by atoms with Gasteiger partial charge in [0.05, 0.1) is 0 Å². The summed E-state index contributed by atoms with van der Waals surface area (Å²) in [5.74, 6) is 0. The average molecular weight is 178 g/mol. The van der Waals surface area contributed by atoms with E-state index in [2.05, 4.69) is 0 Å². The fraction of sp³-hybridized carbons (Fsp3) is 0.364. The van der Waals surface area contributed by atoms with Crippen molar-refractivity contribution in [2.24, 2.45) is 0 Å². The molecule has 0 fully saturated rings. The highest BCUT2D eigenvalue weighted by Gasteiger charge is 2.23. The van der Waals surface area contributed by atoms with Crippen LogP contribution in [0.15, 0.2) is 30.3 Å². The van der Waals surface area contributed by atoms with E-state index < -0.39 is 0 Å². The van der Waals surface area contributed by atoms with E-state index in [1.807, 2.05) is 51.1 Å². The van der Waals surface area contributed by atoms with Gasteiger partial charge in [-0.25, -0.2) is 0 Å². The topological polar surface area (TPSA) is 23.2 Å². The Bertz CT molecular complexity index is 296. The third kappa shape index (κ3) is 2.90. The molecule has 0 saturated carbocycles. The Morgan fingerprint density at radius 2 is 1.69 bits per heavy atom. The lowest BCUT2D eigenvalue weighted by molar-refractivity contribution is -0.816. The molecule has 2 heteroatoms. The highest BCUT2D eigenvalue weighted by atomic mass is 16.5. The molecule has 0 heterocycles. The van der Waals surface area contributed by atoms with Gasteiger partial charge in [-0.1, -0.05) is 18.2 Å². The Balaban J connectivity index is 2.90. The van der Waals surface area contributed by atoms with Gasteiger partial charge in [-0.3, -0.25) is 5.21 Å². The molecule has 0 unspecified atom stereocenters. The molecule has 0 saturated heterocycles. The molecule has 13 heavy (non-hydrogen) atoms. The first kappa shape index (κ1) is 9.78. The summed E-state index contributed by atoms with van der Waals surface area (Å²) < 4.78 is 1.22. The van der Waals surface area contributed by atoms with Crippen molar-refractivity contribution in [2.75, 3.05) is 0 Å². The van der Waals surface area contributed by atoms with E-state index in [4.69, 9.17) is 0 Å². The predicted molar refractivity (Wildman–Crippen MR) is 53.4 cm³/mol. The van der Waals surface area contributed by atoms with Gasteiger partial charge in [0.15, 0.2) is 0 Å². The van der Waals surface area contributed by atoms with E-state index in [1.165, 1.54) is 4.74 Å². The Hall–Kier alpha value is -1.31. The van der Waals surface area contributed by atoms with Crippen LogP contribution in [-0.4, -0.2) is 21.7 Å². The largest absolute Gasteiger partial charge is 0.290 e. The maximum absolute atomic E-state index is 9.62. The van der Waals surface area contributed by atoms with Crippen molar-refractivity contribution < 1.29 is 9.95 Å². The highest BCUT2D eigenvalue weighted by Crippen LogP contribution is 2.04. The zero-order valence-corrected chi connectivity index (χ0v) is 8.36. The van der Waals surface area contributed by atoms with Crippen LogP contribution in [0.25, 0.3) is 0 Å². The minimum Gasteiger partial charge on any atom is -0.290 e. The molecule has 0 aliphatic rings. The summed E-state index contributed by atoms with van der Waals surface area (Å²) in [6.07, 6.45) is 1.72. The van der Waals surface area contributed by atoms with Crippen molar-refractivity contribution in [1.82, 2.24) is 0 Å². The lowest BCUT2D eigenvalue weighted by Crippen LogP contribution is -2.31. The summed E-state index contributed by atoms with van der Waals surface area (Å²) in [4.78, 5) is 0. The third-order valence-electron chi connectivity index (χ3n) is 1.76. The molecule has 0 bridgehead atoms. The molecule has 0 aliphatic carbocycles. The van der Waals surface area contributed by atoms with Crippen molar-refractivity contribution in [3.8, 4) is 0 Å². The lowest BCUT2D eigenvalue weighted by atomic mass is 10.1. The molecule has 0 aromatic heterocycles. The Kier molecular flexibility index (Phi) is 2.71. The first-order valence-electron chi connectivity index (χ1n) is 4.38. The summed E-state index contributed by atoms with van der Waals surface area (Å²) in [5.41, 5.74) is 0.746. The fourth-order valence-corrected chi connectivity index (χ4v) is 0.874. The van der Waals surface area contributed by atoms with Gasteiger partial charge in [0.1, 0.15) is 0 Å². The van der Waals surface area contributed by atoms with Crippen LogP contribution in [0.2, 0.25) is 0 Å². The van der Waals surface area contributed by atoms with Crippen molar-refractivity contribution >= 4 is 6.21 Å². The number of hydrogen-bond acceptors (Lipinski definition) is 1. The van der Waals surface area contributed by atoms with Crippen molar-refractivity contribution in [1.29, 1.82) is 0 Å². The van der Waals surface area contributed by atoms with Gasteiger partial charge in [0.25, 0.3) is 0 Å². The summed E-state index contributed by atoms with van der Waals surface area (Å²) in [6.45, 7) is 5.85. The van der Waals surface area contributed by atoms with Crippen LogP contribution in [0.3, 0.4) is 0 Å². The molecule has 0 atom stereocenters. The van der Waals surface area contributed by atoms with E-state index >= 15 is 0 Å². The number of benzene rings is 1. The fourth-order valence-electron chi connectivity index (χ4n) is 0.874. The molecule has 1 aromatic rings.